The molecular weight excluding hydrogens is 407 g/mol. The number of nitrogen functional groups attached to an aromatic ring is 1. The van der Waals surface area contributed by atoms with E-state index in [0.717, 1.165) is 44.1 Å². The molecule has 2 aromatic carbocycles. The molecule has 3 N–H and O–H groups in total. The molecule has 6 nitrogen and oxygen atoms in total. The SMILES string of the molecule is CNS(=O)(=O)c1ccccc1N1CCN(Cc2cccc(N)c2)CC1.Cl.Cl. The zero-order valence-electron chi connectivity index (χ0n) is 15.2. The van der Waals surface area contributed by atoms with Crippen molar-refractivity contribution in [3.05, 3.63) is 54.1 Å². The minimum atomic E-state index is -3.46. The smallest absolute Gasteiger partial charge is 0.242 e. The highest BCUT2D eigenvalue weighted by Gasteiger charge is 2.23. The van der Waals surface area contributed by atoms with Crippen molar-refractivity contribution in [1.82, 2.24) is 9.62 Å². The molecule has 0 radical (unpaired) electrons. The predicted molar refractivity (Wildman–Crippen MR) is 116 cm³/mol. The largest absolute Gasteiger partial charge is 0.399 e. The van der Waals surface area contributed by atoms with Crippen molar-refractivity contribution in [3.8, 4) is 0 Å². The highest BCUT2D eigenvalue weighted by Crippen LogP contribution is 2.26. The van der Waals surface area contributed by atoms with Gasteiger partial charge >= 0.3 is 0 Å². The Labute approximate surface area is 173 Å². The Kier molecular flexibility index (Phi) is 8.84. The van der Waals surface area contributed by atoms with Crippen molar-refractivity contribution < 1.29 is 8.42 Å². The summed E-state index contributed by atoms with van der Waals surface area (Å²) in [5.74, 6) is 0. The summed E-state index contributed by atoms with van der Waals surface area (Å²) < 4.78 is 26.9. The number of para-hydroxylation sites is 1. The lowest BCUT2D eigenvalue weighted by atomic mass is 10.1. The van der Waals surface area contributed by atoms with Crippen LogP contribution in [0.1, 0.15) is 5.56 Å². The number of benzene rings is 2. The van der Waals surface area contributed by atoms with Crippen molar-refractivity contribution in [1.29, 1.82) is 0 Å². The van der Waals surface area contributed by atoms with Gasteiger partial charge in [0.05, 0.1) is 5.69 Å². The van der Waals surface area contributed by atoms with Gasteiger partial charge in [-0.25, -0.2) is 13.1 Å². The molecule has 0 bridgehead atoms. The second kappa shape index (κ2) is 10.1. The number of nitrogens with two attached hydrogens (primary N) is 1. The topological polar surface area (TPSA) is 78.7 Å². The third-order valence-electron chi connectivity index (χ3n) is 4.49. The standard InChI is InChI=1S/C18H24N4O2S.2ClH/c1-20-25(23,24)18-8-3-2-7-17(18)22-11-9-21(10-12-22)14-15-5-4-6-16(19)13-15;;/h2-8,13,20H,9-12,14,19H2,1H3;2*1H. The second-order valence-corrected chi connectivity index (χ2v) is 8.04. The number of nitrogens with one attached hydrogen (secondary N) is 1. The maximum absolute atomic E-state index is 12.2. The molecule has 0 saturated carbocycles. The lowest BCUT2D eigenvalue weighted by Gasteiger charge is -2.36. The van der Waals surface area contributed by atoms with Gasteiger partial charge in [-0.15, -0.1) is 24.8 Å². The van der Waals surface area contributed by atoms with E-state index in [9.17, 15) is 8.42 Å². The predicted octanol–water partition coefficient (Wildman–Crippen LogP) is 2.34. The number of sulfonamides is 1. The highest BCUT2D eigenvalue weighted by atomic mass is 35.5. The third-order valence-corrected chi connectivity index (χ3v) is 5.96. The molecular formula is C18H26Cl2N4O2S. The molecule has 0 aliphatic carbocycles. The van der Waals surface area contributed by atoms with Crippen molar-refractivity contribution >= 4 is 46.2 Å². The molecule has 9 heteroatoms. The van der Waals surface area contributed by atoms with Crippen LogP contribution in [0.4, 0.5) is 11.4 Å². The Bertz CT molecular complexity index is 841. The van der Waals surface area contributed by atoms with Crippen LogP contribution >= 0.6 is 24.8 Å². The second-order valence-electron chi connectivity index (χ2n) is 6.18. The molecule has 150 valence electrons. The summed E-state index contributed by atoms with van der Waals surface area (Å²) >= 11 is 0. The number of hydrogen-bond acceptors (Lipinski definition) is 5. The van der Waals surface area contributed by atoms with Gasteiger partial charge < -0.3 is 10.6 Å². The summed E-state index contributed by atoms with van der Waals surface area (Å²) in [5, 5.41) is 0. The molecule has 3 rings (SSSR count). The molecule has 2 aromatic rings. The van der Waals surface area contributed by atoms with Crippen LogP contribution in [0.15, 0.2) is 53.4 Å². The third kappa shape index (κ3) is 5.73. The van der Waals surface area contributed by atoms with Gasteiger partial charge in [0.15, 0.2) is 0 Å². The maximum Gasteiger partial charge on any atom is 0.242 e. The van der Waals surface area contributed by atoms with Crippen LogP contribution in [0.2, 0.25) is 0 Å². The number of rotatable bonds is 5. The Balaban J connectivity index is 0.00000182. The summed E-state index contributed by atoms with van der Waals surface area (Å²) in [6.07, 6.45) is 0. The lowest BCUT2D eigenvalue weighted by Crippen LogP contribution is -2.46. The zero-order chi connectivity index (χ0) is 17.9. The summed E-state index contributed by atoms with van der Waals surface area (Å²) in [6.45, 7) is 4.19. The molecule has 1 fully saturated rings. The van der Waals surface area contributed by atoms with Crippen LogP contribution in [-0.4, -0.2) is 46.5 Å². The number of hydrogen-bond donors (Lipinski definition) is 2. The molecule has 0 spiro atoms. The molecule has 1 heterocycles. The first-order valence-electron chi connectivity index (χ1n) is 8.34. The average molecular weight is 433 g/mol. The minimum absolute atomic E-state index is 0. The first kappa shape index (κ1) is 23.5. The van der Waals surface area contributed by atoms with E-state index in [4.69, 9.17) is 5.73 Å². The first-order valence-corrected chi connectivity index (χ1v) is 9.82. The first-order chi connectivity index (χ1) is 12.0. The van der Waals surface area contributed by atoms with Crippen LogP contribution < -0.4 is 15.4 Å². The van der Waals surface area contributed by atoms with E-state index in [1.54, 1.807) is 12.1 Å². The summed E-state index contributed by atoms with van der Waals surface area (Å²) in [5.41, 5.74) is 8.59. The number of halogens is 2. The van der Waals surface area contributed by atoms with Crippen molar-refractivity contribution in [2.24, 2.45) is 0 Å². The Hall–Kier alpha value is -1.51. The molecule has 1 aliphatic heterocycles. The van der Waals surface area contributed by atoms with E-state index in [0.29, 0.717) is 4.90 Å². The van der Waals surface area contributed by atoms with Crippen LogP contribution in [0.25, 0.3) is 0 Å². The van der Waals surface area contributed by atoms with Crippen molar-refractivity contribution in [2.45, 2.75) is 11.4 Å². The number of piperazine rings is 1. The molecule has 1 aliphatic rings. The van der Waals surface area contributed by atoms with E-state index in [1.807, 2.05) is 30.3 Å². The maximum atomic E-state index is 12.2. The fourth-order valence-electron chi connectivity index (χ4n) is 3.15. The van der Waals surface area contributed by atoms with Gasteiger partial charge in [0, 0.05) is 38.4 Å². The summed E-state index contributed by atoms with van der Waals surface area (Å²) in [6, 6.07) is 15.1. The minimum Gasteiger partial charge on any atom is -0.399 e. The van der Waals surface area contributed by atoms with Gasteiger partial charge in [0.2, 0.25) is 10.0 Å². The van der Waals surface area contributed by atoms with Crippen LogP contribution in [-0.2, 0) is 16.6 Å². The van der Waals surface area contributed by atoms with Gasteiger partial charge in [0.25, 0.3) is 0 Å². The monoisotopic (exact) mass is 432 g/mol. The Morgan fingerprint density at radius 2 is 1.67 bits per heavy atom. The fraction of sp³-hybridized carbons (Fsp3) is 0.333. The molecule has 27 heavy (non-hydrogen) atoms. The van der Waals surface area contributed by atoms with Gasteiger partial charge in [-0.3, -0.25) is 4.90 Å². The summed E-state index contributed by atoms with van der Waals surface area (Å²) in [4.78, 5) is 4.84. The van der Waals surface area contributed by atoms with Gasteiger partial charge in [-0.05, 0) is 36.9 Å². The summed E-state index contributed by atoms with van der Waals surface area (Å²) in [7, 11) is -2.02. The molecule has 0 amide bonds. The highest BCUT2D eigenvalue weighted by molar-refractivity contribution is 7.89. The van der Waals surface area contributed by atoms with Gasteiger partial charge in [-0.2, -0.15) is 0 Å². The van der Waals surface area contributed by atoms with Crippen molar-refractivity contribution in [3.63, 3.8) is 0 Å². The normalized spacial score (nSPS) is 14.9. The van der Waals surface area contributed by atoms with E-state index >= 15 is 0 Å². The molecule has 0 atom stereocenters. The molecule has 1 saturated heterocycles. The average Bonchev–Trinajstić information content (AvgIpc) is 2.62. The van der Waals surface area contributed by atoms with Crippen LogP contribution in [0.5, 0.6) is 0 Å². The quantitative estimate of drug-likeness (QED) is 0.708. The number of nitrogens with zero attached hydrogens (tertiary/aromatic N) is 2. The van der Waals surface area contributed by atoms with E-state index in [-0.39, 0.29) is 24.8 Å². The van der Waals surface area contributed by atoms with Gasteiger partial charge in [-0.1, -0.05) is 24.3 Å². The van der Waals surface area contributed by atoms with Crippen molar-refractivity contribution in [2.75, 3.05) is 43.9 Å². The Morgan fingerprint density at radius 1 is 1.00 bits per heavy atom. The van der Waals surface area contributed by atoms with E-state index in [2.05, 4.69) is 20.6 Å². The molecule has 0 aromatic heterocycles. The number of anilines is 2. The van der Waals surface area contributed by atoms with E-state index in [1.165, 1.54) is 12.6 Å². The zero-order valence-corrected chi connectivity index (χ0v) is 17.6. The molecule has 0 unspecified atom stereocenters. The Morgan fingerprint density at radius 3 is 2.30 bits per heavy atom. The fourth-order valence-corrected chi connectivity index (χ4v) is 4.10. The van der Waals surface area contributed by atoms with Crippen LogP contribution in [0, 0.1) is 0 Å². The van der Waals surface area contributed by atoms with Gasteiger partial charge in [0.1, 0.15) is 4.90 Å². The lowest BCUT2D eigenvalue weighted by molar-refractivity contribution is 0.249. The van der Waals surface area contributed by atoms with E-state index < -0.39 is 10.0 Å². The van der Waals surface area contributed by atoms with Crippen LogP contribution in [0.3, 0.4) is 0 Å².